The molecule has 1 N–H and O–H groups in total. The summed E-state index contributed by atoms with van der Waals surface area (Å²) in [6.07, 6.45) is 9.05. The van der Waals surface area contributed by atoms with Gasteiger partial charge in [0.1, 0.15) is 5.82 Å². The van der Waals surface area contributed by atoms with Gasteiger partial charge in [-0.1, -0.05) is 12.8 Å². The normalized spacial score (nSPS) is 21.0. The fourth-order valence-electron chi connectivity index (χ4n) is 3.27. The predicted octanol–water partition coefficient (Wildman–Crippen LogP) is 1.55. The molecule has 1 fully saturated rings. The van der Waals surface area contributed by atoms with Gasteiger partial charge in [-0.3, -0.25) is 0 Å². The third kappa shape index (κ3) is 2.00. The van der Waals surface area contributed by atoms with Crippen LogP contribution in [0.25, 0.3) is 0 Å². The molecule has 0 amide bonds. The maximum absolute atomic E-state index is 4.53. The molecule has 1 aliphatic carbocycles. The molecule has 0 radical (unpaired) electrons. The highest BCUT2D eigenvalue weighted by Crippen LogP contribution is 2.42. The Bertz CT molecular complexity index is 363. The van der Waals surface area contributed by atoms with Gasteiger partial charge in [0.25, 0.3) is 0 Å². The molecular weight excluding hydrogens is 212 g/mol. The topological polar surface area (TPSA) is 33.1 Å². The van der Waals surface area contributed by atoms with Gasteiger partial charge in [0.05, 0.1) is 6.04 Å². The van der Waals surface area contributed by atoms with E-state index in [1.807, 2.05) is 19.4 Å². The lowest BCUT2D eigenvalue weighted by Crippen LogP contribution is -2.52. The second-order valence-corrected chi connectivity index (χ2v) is 5.32. The number of hydrogen-bond acceptors (Lipinski definition) is 3. The van der Waals surface area contributed by atoms with Crippen LogP contribution >= 0.6 is 0 Å². The Labute approximate surface area is 104 Å². The van der Waals surface area contributed by atoms with Gasteiger partial charge in [0.2, 0.25) is 0 Å². The van der Waals surface area contributed by atoms with E-state index in [4.69, 9.17) is 0 Å². The van der Waals surface area contributed by atoms with Crippen LogP contribution in [0.4, 0.5) is 0 Å². The van der Waals surface area contributed by atoms with Crippen LogP contribution in [-0.2, 0) is 7.05 Å². The third-order valence-corrected chi connectivity index (χ3v) is 4.30. The van der Waals surface area contributed by atoms with Gasteiger partial charge in [-0.05, 0) is 34.0 Å². The van der Waals surface area contributed by atoms with E-state index in [1.165, 1.54) is 25.7 Å². The predicted molar refractivity (Wildman–Crippen MR) is 69.9 cm³/mol. The number of aryl methyl sites for hydroxylation is 1. The highest BCUT2D eigenvalue weighted by atomic mass is 15.2. The molecule has 1 atom stereocenters. The molecule has 1 unspecified atom stereocenters. The Morgan fingerprint density at radius 3 is 2.47 bits per heavy atom. The Hall–Kier alpha value is -0.870. The van der Waals surface area contributed by atoms with Crippen molar-refractivity contribution in [3.05, 3.63) is 18.2 Å². The summed E-state index contributed by atoms with van der Waals surface area (Å²) >= 11 is 0. The first kappa shape index (κ1) is 12.6. The van der Waals surface area contributed by atoms with Crippen molar-refractivity contribution in [3.8, 4) is 0 Å². The molecular formula is C13H24N4. The lowest BCUT2D eigenvalue weighted by atomic mass is 9.86. The molecule has 0 spiro atoms. The van der Waals surface area contributed by atoms with Crippen LogP contribution in [0, 0.1) is 0 Å². The molecule has 4 nitrogen and oxygen atoms in total. The number of nitrogens with zero attached hydrogens (tertiary/aromatic N) is 3. The Morgan fingerprint density at radius 2 is 2.06 bits per heavy atom. The number of rotatable bonds is 4. The highest BCUT2D eigenvalue weighted by Gasteiger charge is 2.44. The van der Waals surface area contributed by atoms with E-state index in [-0.39, 0.29) is 5.54 Å². The molecule has 0 saturated heterocycles. The zero-order valence-electron chi connectivity index (χ0n) is 11.4. The van der Waals surface area contributed by atoms with Crippen molar-refractivity contribution in [2.75, 3.05) is 21.1 Å². The van der Waals surface area contributed by atoms with Crippen molar-refractivity contribution in [2.24, 2.45) is 7.05 Å². The van der Waals surface area contributed by atoms with E-state index in [1.54, 1.807) is 0 Å². The fraction of sp³-hybridized carbons (Fsp3) is 0.769. The van der Waals surface area contributed by atoms with E-state index in [2.05, 4.69) is 40.9 Å². The van der Waals surface area contributed by atoms with E-state index in [0.717, 1.165) is 5.82 Å². The average Bonchev–Trinajstić information content (AvgIpc) is 2.91. The van der Waals surface area contributed by atoms with Crippen molar-refractivity contribution in [3.63, 3.8) is 0 Å². The van der Waals surface area contributed by atoms with Gasteiger partial charge < -0.3 is 14.8 Å². The van der Waals surface area contributed by atoms with Gasteiger partial charge in [-0.2, -0.15) is 0 Å². The standard InChI is InChI=1S/C13H24N4/c1-14-11(12-15-9-10-17(12)4)13(16(2)3)7-5-6-8-13/h9-11,14H,5-8H2,1-4H3. The molecule has 1 aromatic heterocycles. The van der Waals surface area contributed by atoms with Gasteiger partial charge in [0.15, 0.2) is 0 Å². The minimum absolute atomic E-state index is 0.216. The molecule has 1 aliphatic rings. The summed E-state index contributed by atoms with van der Waals surface area (Å²) in [6, 6.07) is 0.306. The second-order valence-electron chi connectivity index (χ2n) is 5.32. The van der Waals surface area contributed by atoms with Gasteiger partial charge >= 0.3 is 0 Å². The Kier molecular flexibility index (Phi) is 3.54. The molecule has 17 heavy (non-hydrogen) atoms. The van der Waals surface area contributed by atoms with Crippen molar-refractivity contribution in [1.29, 1.82) is 0 Å². The molecule has 96 valence electrons. The largest absolute Gasteiger partial charge is 0.337 e. The summed E-state index contributed by atoms with van der Waals surface area (Å²) in [4.78, 5) is 6.92. The monoisotopic (exact) mass is 236 g/mol. The molecule has 1 saturated carbocycles. The number of imidazole rings is 1. The summed E-state index contributed by atoms with van der Waals surface area (Å²) in [7, 11) is 8.51. The zero-order chi connectivity index (χ0) is 12.5. The maximum Gasteiger partial charge on any atom is 0.127 e. The minimum Gasteiger partial charge on any atom is -0.337 e. The SMILES string of the molecule is CNC(c1nccn1C)C1(N(C)C)CCCC1. The number of aromatic nitrogens is 2. The van der Waals surface area contributed by atoms with Crippen LogP contribution < -0.4 is 5.32 Å². The number of hydrogen-bond donors (Lipinski definition) is 1. The van der Waals surface area contributed by atoms with E-state index < -0.39 is 0 Å². The molecule has 0 bridgehead atoms. The van der Waals surface area contributed by atoms with Gasteiger partial charge in [0, 0.05) is 25.0 Å². The lowest BCUT2D eigenvalue weighted by molar-refractivity contribution is 0.103. The third-order valence-electron chi connectivity index (χ3n) is 4.30. The summed E-state index contributed by atoms with van der Waals surface area (Å²) in [5.41, 5.74) is 0.216. The van der Waals surface area contributed by atoms with Crippen molar-refractivity contribution >= 4 is 0 Å². The second kappa shape index (κ2) is 4.78. The smallest absolute Gasteiger partial charge is 0.127 e. The Balaban J connectivity index is 2.37. The van der Waals surface area contributed by atoms with E-state index >= 15 is 0 Å². The summed E-state index contributed by atoms with van der Waals surface area (Å²) in [6.45, 7) is 0. The van der Waals surface area contributed by atoms with Crippen molar-refractivity contribution in [1.82, 2.24) is 19.8 Å². The van der Waals surface area contributed by atoms with Gasteiger partial charge in [-0.25, -0.2) is 4.98 Å². The number of nitrogens with one attached hydrogen (secondary N) is 1. The lowest BCUT2D eigenvalue weighted by Gasteiger charge is -2.42. The summed E-state index contributed by atoms with van der Waals surface area (Å²) < 4.78 is 2.13. The first-order valence-corrected chi connectivity index (χ1v) is 6.44. The highest BCUT2D eigenvalue weighted by molar-refractivity contribution is 5.12. The quantitative estimate of drug-likeness (QED) is 0.861. The molecule has 1 aromatic rings. The molecule has 1 heterocycles. The number of likely N-dealkylation sites (N-methyl/N-ethyl adjacent to an activating group) is 2. The van der Waals surface area contributed by atoms with Crippen LogP contribution in [0.2, 0.25) is 0 Å². The molecule has 2 rings (SSSR count). The summed E-state index contributed by atoms with van der Waals surface area (Å²) in [5.74, 6) is 1.14. The maximum atomic E-state index is 4.53. The minimum atomic E-state index is 0.216. The zero-order valence-corrected chi connectivity index (χ0v) is 11.4. The molecule has 4 heteroatoms. The molecule has 0 aromatic carbocycles. The van der Waals surface area contributed by atoms with Gasteiger partial charge in [-0.15, -0.1) is 0 Å². The average molecular weight is 236 g/mol. The van der Waals surface area contributed by atoms with E-state index in [9.17, 15) is 0 Å². The van der Waals surface area contributed by atoms with Crippen LogP contribution in [0.15, 0.2) is 12.4 Å². The first-order valence-electron chi connectivity index (χ1n) is 6.44. The Morgan fingerprint density at radius 1 is 1.41 bits per heavy atom. The van der Waals surface area contributed by atoms with Crippen LogP contribution in [0.1, 0.15) is 37.5 Å². The fourth-order valence-corrected chi connectivity index (χ4v) is 3.27. The van der Waals surface area contributed by atoms with Crippen LogP contribution in [0.5, 0.6) is 0 Å². The van der Waals surface area contributed by atoms with E-state index in [0.29, 0.717) is 6.04 Å². The molecule has 0 aliphatic heterocycles. The van der Waals surface area contributed by atoms with Crippen molar-refractivity contribution < 1.29 is 0 Å². The first-order chi connectivity index (χ1) is 8.12. The van der Waals surface area contributed by atoms with Crippen LogP contribution in [0.3, 0.4) is 0 Å². The van der Waals surface area contributed by atoms with Crippen LogP contribution in [-0.4, -0.2) is 41.1 Å². The van der Waals surface area contributed by atoms with Crippen molar-refractivity contribution in [2.45, 2.75) is 37.3 Å². The summed E-state index contributed by atoms with van der Waals surface area (Å²) in [5, 5.41) is 3.48.